The van der Waals surface area contributed by atoms with Gasteiger partial charge in [-0.2, -0.15) is 0 Å². The van der Waals surface area contributed by atoms with Crippen molar-refractivity contribution in [2.45, 2.75) is 6.67 Å². The Balaban J connectivity index is 1.39. The second-order valence-corrected chi connectivity index (χ2v) is 6.68. The molecule has 3 aromatic rings. The second kappa shape index (κ2) is 6.14. The number of fused-ring (bicyclic) bond motifs is 1. The average molecular weight is 326 g/mol. The Hall–Kier alpha value is -2.18. The van der Waals surface area contributed by atoms with Gasteiger partial charge in [-0.1, -0.05) is 18.2 Å². The molecule has 2 aromatic heterocycles. The van der Waals surface area contributed by atoms with Crippen molar-refractivity contribution < 1.29 is 4.79 Å². The van der Waals surface area contributed by atoms with Crippen LogP contribution in [0.4, 0.5) is 0 Å². The van der Waals surface area contributed by atoms with Crippen LogP contribution in [-0.2, 0) is 6.67 Å². The Morgan fingerprint density at radius 3 is 2.70 bits per heavy atom. The summed E-state index contributed by atoms with van der Waals surface area (Å²) in [4.78, 5) is 21.9. The van der Waals surface area contributed by atoms with E-state index in [4.69, 9.17) is 0 Å². The van der Waals surface area contributed by atoms with Gasteiger partial charge in [0.2, 0.25) is 0 Å². The van der Waals surface area contributed by atoms with Crippen molar-refractivity contribution in [1.82, 2.24) is 19.4 Å². The molecule has 0 aliphatic carbocycles. The third-order valence-electron chi connectivity index (χ3n) is 4.27. The SMILES string of the molecule is O=C(c1cccs1)N1CCN(Cn2cnc3ccccc32)CC1. The summed E-state index contributed by atoms with van der Waals surface area (Å²) >= 11 is 1.51. The molecule has 1 aromatic carbocycles. The zero-order valence-corrected chi connectivity index (χ0v) is 13.6. The number of amides is 1. The van der Waals surface area contributed by atoms with E-state index in [9.17, 15) is 4.79 Å². The maximum Gasteiger partial charge on any atom is 0.264 e. The molecule has 6 heteroatoms. The zero-order chi connectivity index (χ0) is 15.6. The minimum absolute atomic E-state index is 0.160. The molecule has 0 atom stereocenters. The first-order valence-corrected chi connectivity index (χ1v) is 8.64. The number of hydrogen-bond donors (Lipinski definition) is 0. The molecule has 1 aliphatic rings. The second-order valence-electron chi connectivity index (χ2n) is 5.73. The van der Waals surface area contributed by atoms with Crippen LogP contribution in [0.5, 0.6) is 0 Å². The summed E-state index contributed by atoms with van der Waals surface area (Å²) in [6.07, 6.45) is 1.90. The maximum absolute atomic E-state index is 12.4. The smallest absolute Gasteiger partial charge is 0.264 e. The highest BCUT2D eigenvalue weighted by atomic mass is 32.1. The highest BCUT2D eigenvalue weighted by molar-refractivity contribution is 7.12. The van der Waals surface area contributed by atoms with Crippen LogP contribution in [0.2, 0.25) is 0 Å². The molecular formula is C17H18N4OS. The predicted octanol–water partition coefficient (Wildman–Crippen LogP) is 2.51. The van der Waals surface area contributed by atoms with E-state index in [1.807, 2.05) is 46.9 Å². The number of carbonyl (C=O) groups is 1. The third-order valence-corrected chi connectivity index (χ3v) is 5.13. The average Bonchev–Trinajstić information content (AvgIpc) is 3.25. The number of hydrogen-bond acceptors (Lipinski definition) is 4. The first-order chi connectivity index (χ1) is 11.3. The van der Waals surface area contributed by atoms with Crippen LogP contribution < -0.4 is 0 Å². The molecule has 5 nitrogen and oxygen atoms in total. The van der Waals surface area contributed by atoms with E-state index in [-0.39, 0.29) is 5.91 Å². The summed E-state index contributed by atoms with van der Waals surface area (Å²) < 4.78 is 2.17. The Morgan fingerprint density at radius 2 is 1.91 bits per heavy atom. The molecule has 0 radical (unpaired) electrons. The number of thiophene rings is 1. The van der Waals surface area contributed by atoms with Gasteiger partial charge in [0.1, 0.15) is 0 Å². The summed E-state index contributed by atoms with van der Waals surface area (Å²) in [6, 6.07) is 12.0. The minimum Gasteiger partial charge on any atom is -0.335 e. The molecular weight excluding hydrogens is 308 g/mol. The summed E-state index contributed by atoms with van der Waals surface area (Å²) in [6.45, 7) is 4.17. The molecule has 1 saturated heterocycles. The lowest BCUT2D eigenvalue weighted by Crippen LogP contribution is -2.48. The van der Waals surface area contributed by atoms with Gasteiger partial charge >= 0.3 is 0 Å². The van der Waals surface area contributed by atoms with Gasteiger partial charge in [0, 0.05) is 26.2 Å². The van der Waals surface area contributed by atoms with E-state index in [0.29, 0.717) is 0 Å². The number of piperazine rings is 1. The van der Waals surface area contributed by atoms with Gasteiger partial charge in [-0.25, -0.2) is 4.98 Å². The molecule has 0 N–H and O–H groups in total. The van der Waals surface area contributed by atoms with Crippen LogP contribution in [-0.4, -0.2) is 51.4 Å². The quantitative estimate of drug-likeness (QED) is 0.743. The Bertz CT molecular complexity index is 803. The van der Waals surface area contributed by atoms with Crippen LogP contribution in [0.3, 0.4) is 0 Å². The van der Waals surface area contributed by atoms with Crippen molar-refractivity contribution in [2.75, 3.05) is 26.2 Å². The highest BCUT2D eigenvalue weighted by Crippen LogP contribution is 2.16. The number of rotatable bonds is 3. The predicted molar refractivity (Wildman–Crippen MR) is 91.5 cm³/mol. The van der Waals surface area contributed by atoms with Crippen molar-refractivity contribution in [3.05, 3.63) is 53.0 Å². The first-order valence-electron chi connectivity index (χ1n) is 7.76. The van der Waals surface area contributed by atoms with Crippen molar-refractivity contribution in [1.29, 1.82) is 0 Å². The molecule has 0 bridgehead atoms. The molecule has 4 rings (SSSR count). The fourth-order valence-corrected chi connectivity index (χ4v) is 3.68. The number of imidazole rings is 1. The molecule has 23 heavy (non-hydrogen) atoms. The Morgan fingerprint density at radius 1 is 1.09 bits per heavy atom. The first kappa shape index (κ1) is 14.4. The van der Waals surface area contributed by atoms with Crippen molar-refractivity contribution in [3.63, 3.8) is 0 Å². The van der Waals surface area contributed by atoms with Gasteiger partial charge in [-0.3, -0.25) is 9.69 Å². The molecule has 0 unspecified atom stereocenters. The van der Waals surface area contributed by atoms with Crippen LogP contribution >= 0.6 is 11.3 Å². The van der Waals surface area contributed by atoms with Crippen LogP contribution in [0.1, 0.15) is 9.67 Å². The number of nitrogens with zero attached hydrogens (tertiary/aromatic N) is 4. The van der Waals surface area contributed by atoms with Crippen LogP contribution in [0.15, 0.2) is 48.1 Å². The summed E-state index contributed by atoms with van der Waals surface area (Å²) in [5.41, 5.74) is 2.18. The van der Waals surface area contributed by atoms with E-state index < -0.39 is 0 Å². The summed E-state index contributed by atoms with van der Waals surface area (Å²) in [5.74, 6) is 0.160. The normalized spacial score (nSPS) is 16.1. The van der Waals surface area contributed by atoms with E-state index in [0.717, 1.165) is 48.8 Å². The summed E-state index contributed by atoms with van der Waals surface area (Å²) in [7, 11) is 0. The number of benzene rings is 1. The van der Waals surface area contributed by atoms with E-state index >= 15 is 0 Å². The van der Waals surface area contributed by atoms with Crippen molar-refractivity contribution in [2.24, 2.45) is 0 Å². The van der Waals surface area contributed by atoms with Gasteiger partial charge in [-0.15, -0.1) is 11.3 Å². The lowest BCUT2D eigenvalue weighted by atomic mass is 10.3. The largest absolute Gasteiger partial charge is 0.335 e. The monoisotopic (exact) mass is 326 g/mol. The highest BCUT2D eigenvalue weighted by Gasteiger charge is 2.22. The number of aromatic nitrogens is 2. The fraction of sp³-hybridized carbons (Fsp3) is 0.294. The molecule has 0 spiro atoms. The van der Waals surface area contributed by atoms with E-state index in [1.54, 1.807) is 0 Å². The topological polar surface area (TPSA) is 41.4 Å². The molecule has 1 amide bonds. The van der Waals surface area contributed by atoms with Gasteiger partial charge in [0.05, 0.1) is 28.9 Å². The van der Waals surface area contributed by atoms with Gasteiger partial charge in [-0.05, 0) is 23.6 Å². The Kier molecular flexibility index (Phi) is 3.85. The molecule has 118 valence electrons. The molecule has 1 fully saturated rings. The lowest BCUT2D eigenvalue weighted by Gasteiger charge is -2.34. The molecule has 1 aliphatic heterocycles. The van der Waals surface area contributed by atoms with Gasteiger partial charge in [0.15, 0.2) is 0 Å². The number of carbonyl (C=O) groups excluding carboxylic acids is 1. The van der Waals surface area contributed by atoms with Crippen LogP contribution in [0, 0.1) is 0 Å². The fourth-order valence-electron chi connectivity index (χ4n) is 2.99. The minimum atomic E-state index is 0.160. The maximum atomic E-state index is 12.4. The molecule has 3 heterocycles. The van der Waals surface area contributed by atoms with E-state index in [2.05, 4.69) is 20.5 Å². The van der Waals surface area contributed by atoms with Crippen LogP contribution in [0.25, 0.3) is 11.0 Å². The van der Waals surface area contributed by atoms with E-state index in [1.165, 1.54) is 11.3 Å². The third kappa shape index (κ3) is 2.87. The number of para-hydroxylation sites is 2. The standard InChI is InChI=1S/C17H18N4OS/c22-17(16-6-3-11-23-16)20-9-7-19(8-10-20)13-21-12-18-14-4-1-2-5-15(14)21/h1-6,11-12H,7-10,13H2. The van der Waals surface area contributed by atoms with Gasteiger partial charge in [0.25, 0.3) is 5.91 Å². The Labute approximate surface area is 138 Å². The zero-order valence-electron chi connectivity index (χ0n) is 12.8. The van der Waals surface area contributed by atoms with Crippen molar-refractivity contribution >= 4 is 28.3 Å². The lowest BCUT2D eigenvalue weighted by molar-refractivity contribution is 0.0602. The van der Waals surface area contributed by atoms with Gasteiger partial charge < -0.3 is 9.47 Å². The summed E-state index contributed by atoms with van der Waals surface area (Å²) in [5, 5.41) is 1.95. The van der Waals surface area contributed by atoms with Crippen molar-refractivity contribution in [3.8, 4) is 0 Å². The molecule has 0 saturated carbocycles.